The van der Waals surface area contributed by atoms with E-state index in [-0.39, 0.29) is 11.5 Å². The number of hydrogen-bond donors (Lipinski definition) is 0. The van der Waals surface area contributed by atoms with Crippen LogP contribution in [0.1, 0.15) is 16.1 Å². The van der Waals surface area contributed by atoms with Crippen molar-refractivity contribution in [2.75, 3.05) is 26.2 Å². The van der Waals surface area contributed by atoms with Crippen LogP contribution in [-0.2, 0) is 6.54 Å². The monoisotopic (exact) mass is 338 g/mol. The van der Waals surface area contributed by atoms with Gasteiger partial charge in [-0.05, 0) is 30.3 Å². The molecule has 0 N–H and O–H groups in total. The average Bonchev–Trinajstić information content (AvgIpc) is 3.04. The lowest BCUT2D eigenvalue weighted by Gasteiger charge is -2.34. The van der Waals surface area contributed by atoms with Gasteiger partial charge in [0.1, 0.15) is 5.82 Å². The molecule has 1 aliphatic heterocycles. The Hall–Kier alpha value is -2.73. The molecule has 1 fully saturated rings. The second-order valence-electron chi connectivity index (χ2n) is 6.25. The molecule has 4 rings (SSSR count). The summed E-state index contributed by atoms with van der Waals surface area (Å²) in [4.78, 5) is 16.4. The van der Waals surface area contributed by atoms with Crippen LogP contribution in [0.15, 0.2) is 54.7 Å². The summed E-state index contributed by atoms with van der Waals surface area (Å²) in [5.74, 6) is -0.690. The van der Waals surface area contributed by atoms with E-state index in [1.807, 2.05) is 28.9 Å². The summed E-state index contributed by atoms with van der Waals surface area (Å²) in [7, 11) is 0. The number of carbonyl (C=O) groups is 1. The smallest absolute Gasteiger partial charge is 0.256 e. The molecule has 3 heterocycles. The number of hydrogen-bond acceptors (Lipinski definition) is 3. The van der Waals surface area contributed by atoms with Gasteiger partial charge in [0, 0.05) is 38.9 Å². The highest BCUT2D eigenvalue weighted by Crippen LogP contribution is 2.14. The van der Waals surface area contributed by atoms with Gasteiger partial charge in [-0.1, -0.05) is 18.2 Å². The maximum atomic E-state index is 13.8. The van der Waals surface area contributed by atoms with Gasteiger partial charge in [0.2, 0.25) is 0 Å². The predicted octanol–water partition coefficient (Wildman–Crippen LogP) is 2.43. The topological polar surface area (TPSA) is 40.9 Å². The van der Waals surface area contributed by atoms with Crippen LogP contribution >= 0.6 is 0 Å². The number of rotatable bonds is 3. The molecule has 5 nitrogen and oxygen atoms in total. The van der Waals surface area contributed by atoms with Crippen LogP contribution in [0.2, 0.25) is 0 Å². The highest BCUT2D eigenvalue weighted by atomic mass is 19.1. The van der Waals surface area contributed by atoms with Gasteiger partial charge in [-0.2, -0.15) is 5.10 Å². The van der Waals surface area contributed by atoms with Crippen molar-refractivity contribution in [2.24, 2.45) is 0 Å². The summed E-state index contributed by atoms with van der Waals surface area (Å²) < 4.78 is 15.7. The standard InChI is InChI=1S/C19H19FN4O/c20-18-7-2-1-6-17(18)19(25)23-11-9-22(10-12-23)14-15-13-16-5-3-4-8-24(16)21-15/h1-8,13H,9-12,14H2. The van der Waals surface area contributed by atoms with E-state index in [9.17, 15) is 9.18 Å². The van der Waals surface area contributed by atoms with Gasteiger partial charge in [-0.15, -0.1) is 0 Å². The first-order valence-electron chi connectivity index (χ1n) is 8.40. The molecule has 128 valence electrons. The van der Waals surface area contributed by atoms with Crippen molar-refractivity contribution in [3.8, 4) is 0 Å². The molecule has 0 radical (unpaired) electrons. The number of fused-ring (bicyclic) bond motifs is 1. The minimum Gasteiger partial charge on any atom is -0.336 e. The summed E-state index contributed by atoms with van der Waals surface area (Å²) in [6, 6.07) is 14.2. The van der Waals surface area contributed by atoms with Crippen molar-refractivity contribution in [3.63, 3.8) is 0 Å². The Morgan fingerprint density at radius 3 is 2.56 bits per heavy atom. The fourth-order valence-corrected chi connectivity index (χ4v) is 3.21. The van der Waals surface area contributed by atoms with Crippen LogP contribution in [0.25, 0.3) is 5.52 Å². The zero-order chi connectivity index (χ0) is 17.2. The number of carbonyl (C=O) groups excluding carboxylic acids is 1. The SMILES string of the molecule is O=C(c1ccccc1F)N1CCN(Cc2cc3ccccn3n2)CC1. The number of nitrogens with zero attached hydrogens (tertiary/aromatic N) is 4. The van der Waals surface area contributed by atoms with Crippen molar-refractivity contribution >= 4 is 11.4 Å². The second-order valence-corrected chi connectivity index (χ2v) is 6.25. The van der Waals surface area contributed by atoms with Crippen LogP contribution in [0.4, 0.5) is 4.39 Å². The van der Waals surface area contributed by atoms with Gasteiger partial charge in [-0.3, -0.25) is 9.69 Å². The molecule has 1 aromatic carbocycles. The molecular weight excluding hydrogens is 319 g/mol. The molecule has 3 aromatic rings. The molecule has 2 aromatic heterocycles. The highest BCUT2D eigenvalue weighted by Gasteiger charge is 2.24. The van der Waals surface area contributed by atoms with Gasteiger partial charge in [0.05, 0.1) is 16.8 Å². The van der Waals surface area contributed by atoms with Gasteiger partial charge >= 0.3 is 0 Å². The van der Waals surface area contributed by atoms with E-state index in [4.69, 9.17) is 0 Å². The molecule has 0 aliphatic carbocycles. The van der Waals surface area contributed by atoms with Gasteiger partial charge in [0.15, 0.2) is 0 Å². The summed E-state index contributed by atoms with van der Waals surface area (Å²) in [5, 5.41) is 4.57. The Labute approximate surface area is 145 Å². The molecular formula is C19H19FN4O. The molecule has 25 heavy (non-hydrogen) atoms. The summed E-state index contributed by atoms with van der Waals surface area (Å²) >= 11 is 0. The van der Waals surface area contributed by atoms with Gasteiger partial charge < -0.3 is 4.90 Å². The van der Waals surface area contributed by atoms with Crippen molar-refractivity contribution in [3.05, 3.63) is 71.8 Å². The van der Waals surface area contributed by atoms with Gasteiger partial charge in [-0.25, -0.2) is 8.91 Å². The van der Waals surface area contributed by atoms with E-state index in [1.54, 1.807) is 23.1 Å². The van der Waals surface area contributed by atoms with E-state index in [1.165, 1.54) is 6.07 Å². The van der Waals surface area contributed by atoms with Crippen molar-refractivity contribution < 1.29 is 9.18 Å². The number of benzene rings is 1. The quantitative estimate of drug-likeness (QED) is 0.736. The summed E-state index contributed by atoms with van der Waals surface area (Å²) in [6.45, 7) is 3.46. The summed E-state index contributed by atoms with van der Waals surface area (Å²) in [6.07, 6.45) is 1.93. The van der Waals surface area contributed by atoms with Crippen LogP contribution in [0, 0.1) is 5.82 Å². The lowest BCUT2D eigenvalue weighted by Crippen LogP contribution is -2.48. The minimum atomic E-state index is -0.459. The number of aromatic nitrogens is 2. The Bertz CT molecular complexity index is 866. The summed E-state index contributed by atoms with van der Waals surface area (Å²) in [5.41, 5.74) is 2.24. The van der Waals surface area contributed by atoms with Crippen LogP contribution in [-0.4, -0.2) is 51.5 Å². The van der Waals surface area contributed by atoms with Crippen LogP contribution < -0.4 is 0 Å². The van der Waals surface area contributed by atoms with E-state index >= 15 is 0 Å². The maximum absolute atomic E-state index is 13.8. The molecule has 6 heteroatoms. The fraction of sp³-hybridized carbons (Fsp3) is 0.263. The zero-order valence-electron chi connectivity index (χ0n) is 13.8. The third-order valence-corrected chi connectivity index (χ3v) is 4.57. The largest absolute Gasteiger partial charge is 0.336 e. The highest BCUT2D eigenvalue weighted by molar-refractivity contribution is 5.94. The van der Waals surface area contributed by atoms with E-state index in [2.05, 4.69) is 16.1 Å². The van der Waals surface area contributed by atoms with Crippen LogP contribution in [0.3, 0.4) is 0 Å². The molecule has 1 saturated heterocycles. The molecule has 1 amide bonds. The molecule has 0 bridgehead atoms. The predicted molar refractivity (Wildman–Crippen MR) is 92.8 cm³/mol. The fourth-order valence-electron chi connectivity index (χ4n) is 3.21. The number of amides is 1. The zero-order valence-corrected chi connectivity index (χ0v) is 13.8. The molecule has 0 saturated carbocycles. The second kappa shape index (κ2) is 6.64. The van der Waals surface area contributed by atoms with Crippen molar-refractivity contribution in [2.45, 2.75) is 6.54 Å². The van der Waals surface area contributed by atoms with Gasteiger partial charge in [0.25, 0.3) is 5.91 Å². The minimum absolute atomic E-state index is 0.149. The third-order valence-electron chi connectivity index (χ3n) is 4.57. The Morgan fingerprint density at radius 2 is 1.80 bits per heavy atom. The molecule has 0 spiro atoms. The van der Waals surface area contributed by atoms with Crippen LogP contribution in [0.5, 0.6) is 0 Å². The first-order chi connectivity index (χ1) is 12.2. The van der Waals surface area contributed by atoms with Crippen molar-refractivity contribution in [1.82, 2.24) is 19.4 Å². The normalized spacial score (nSPS) is 15.6. The van der Waals surface area contributed by atoms with E-state index in [0.717, 1.165) is 30.8 Å². The molecule has 0 atom stereocenters. The Balaban J connectivity index is 1.38. The van der Waals surface area contributed by atoms with Crippen molar-refractivity contribution in [1.29, 1.82) is 0 Å². The first-order valence-corrected chi connectivity index (χ1v) is 8.40. The number of piperazine rings is 1. The van der Waals surface area contributed by atoms with E-state index < -0.39 is 5.82 Å². The van der Waals surface area contributed by atoms with E-state index in [0.29, 0.717) is 13.1 Å². The maximum Gasteiger partial charge on any atom is 0.256 e. The number of pyridine rings is 1. The lowest BCUT2D eigenvalue weighted by atomic mass is 10.1. The molecule has 1 aliphatic rings. The Kier molecular flexibility index (Phi) is 4.19. The third kappa shape index (κ3) is 3.25. The average molecular weight is 338 g/mol. The Morgan fingerprint density at radius 1 is 1.04 bits per heavy atom. The first kappa shape index (κ1) is 15.8. The lowest BCUT2D eigenvalue weighted by molar-refractivity contribution is 0.0622. The molecule has 0 unspecified atom stereocenters. The number of halogens is 1.